The van der Waals surface area contributed by atoms with Crippen molar-refractivity contribution in [2.75, 3.05) is 0 Å². The van der Waals surface area contributed by atoms with Crippen LogP contribution in [-0.4, -0.2) is 11.1 Å². The quantitative estimate of drug-likeness (QED) is 0.765. The summed E-state index contributed by atoms with van der Waals surface area (Å²) in [5.41, 5.74) is 0.698. The molecule has 0 saturated carbocycles. The molecule has 1 rings (SSSR count). The van der Waals surface area contributed by atoms with Gasteiger partial charge in [0.05, 0.1) is 5.57 Å². The van der Waals surface area contributed by atoms with Gasteiger partial charge in [-0.05, 0) is 31.5 Å². The van der Waals surface area contributed by atoms with Gasteiger partial charge in [-0.2, -0.15) is 0 Å². The van der Waals surface area contributed by atoms with E-state index in [0.29, 0.717) is 5.57 Å². The van der Waals surface area contributed by atoms with Crippen LogP contribution in [0.5, 0.6) is 0 Å². The average molecular weight is 212 g/mol. The van der Waals surface area contributed by atoms with E-state index >= 15 is 0 Å². The first-order valence-electron chi connectivity index (χ1n) is 4.29. The Balaban J connectivity index is 3.32. The number of halogens is 2. The molecule has 1 N–H and O–H groups in total. The maximum Gasteiger partial charge on any atom is 0.336 e. The largest absolute Gasteiger partial charge is 0.478 e. The van der Waals surface area contributed by atoms with E-state index in [4.69, 9.17) is 5.11 Å². The van der Waals surface area contributed by atoms with E-state index in [1.807, 2.05) is 0 Å². The van der Waals surface area contributed by atoms with Crippen LogP contribution in [0, 0.1) is 11.6 Å². The highest BCUT2D eigenvalue weighted by Crippen LogP contribution is 2.20. The molecule has 0 aromatic heterocycles. The molecule has 0 amide bonds. The lowest BCUT2D eigenvalue weighted by atomic mass is 10.0. The Hall–Kier alpha value is -1.71. The summed E-state index contributed by atoms with van der Waals surface area (Å²) < 4.78 is 25.5. The van der Waals surface area contributed by atoms with Crippen molar-refractivity contribution < 1.29 is 18.7 Å². The first-order valence-corrected chi connectivity index (χ1v) is 4.29. The fourth-order valence-corrected chi connectivity index (χ4v) is 1.28. The fraction of sp³-hybridized carbons (Fsp3) is 0.182. The van der Waals surface area contributed by atoms with Crippen LogP contribution in [-0.2, 0) is 4.79 Å². The number of hydrogen-bond donors (Lipinski definition) is 1. The second kappa shape index (κ2) is 4.21. The predicted octanol–water partition coefficient (Wildman–Crippen LogP) is 2.84. The predicted molar refractivity (Wildman–Crippen MR) is 52.3 cm³/mol. The minimum atomic E-state index is -1.15. The molecule has 0 radical (unpaired) electrons. The molecule has 0 aliphatic carbocycles. The van der Waals surface area contributed by atoms with Crippen molar-refractivity contribution in [2.45, 2.75) is 13.8 Å². The second-order valence-corrected chi connectivity index (χ2v) is 3.31. The van der Waals surface area contributed by atoms with Crippen LogP contribution in [0.2, 0.25) is 0 Å². The van der Waals surface area contributed by atoms with Crippen molar-refractivity contribution in [2.24, 2.45) is 0 Å². The van der Waals surface area contributed by atoms with Gasteiger partial charge in [-0.15, -0.1) is 0 Å². The lowest BCUT2D eigenvalue weighted by molar-refractivity contribution is -0.130. The van der Waals surface area contributed by atoms with E-state index in [1.165, 1.54) is 6.07 Å². The normalized spacial score (nSPS) is 9.87. The molecule has 80 valence electrons. The summed E-state index contributed by atoms with van der Waals surface area (Å²) in [5.74, 6) is -3.19. The summed E-state index contributed by atoms with van der Waals surface area (Å²) in [5, 5.41) is 8.88. The van der Waals surface area contributed by atoms with Gasteiger partial charge in [0.1, 0.15) is 0 Å². The molecule has 0 spiro atoms. The average Bonchev–Trinajstić information content (AvgIpc) is 2.10. The number of allylic oxidation sites excluding steroid dienone is 1. The van der Waals surface area contributed by atoms with Crippen LogP contribution in [0.25, 0.3) is 5.57 Å². The second-order valence-electron chi connectivity index (χ2n) is 3.31. The number of carbonyl (C=O) groups is 1. The molecule has 0 saturated heterocycles. The molecule has 15 heavy (non-hydrogen) atoms. The molecular formula is C11H10F2O2. The monoisotopic (exact) mass is 212 g/mol. The molecule has 0 unspecified atom stereocenters. The van der Waals surface area contributed by atoms with E-state index in [9.17, 15) is 13.6 Å². The Morgan fingerprint density at radius 1 is 1.20 bits per heavy atom. The highest BCUT2D eigenvalue weighted by atomic mass is 19.2. The molecular weight excluding hydrogens is 202 g/mol. The zero-order valence-corrected chi connectivity index (χ0v) is 8.34. The standard InChI is InChI=1S/C11H10F2O2/c1-6(2)10(11(14)15)7-3-4-8(12)9(13)5-7/h3-5H,1-2H3,(H,14,15). The first-order chi connectivity index (χ1) is 6.93. The highest BCUT2D eigenvalue weighted by molar-refractivity contribution is 6.16. The van der Waals surface area contributed by atoms with Crippen molar-refractivity contribution in [3.63, 3.8) is 0 Å². The summed E-state index contributed by atoms with van der Waals surface area (Å²) in [7, 11) is 0. The van der Waals surface area contributed by atoms with Crippen molar-refractivity contribution in [1.82, 2.24) is 0 Å². The Bertz CT molecular complexity index is 432. The minimum absolute atomic E-state index is 0.00565. The maximum absolute atomic E-state index is 12.9. The number of carboxylic acids is 1. The van der Waals surface area contributed by atoms with Gasteiger partial charge < -0.3 is 5.11 Å². The topological polar surface area (TPSA) is 37.3 Å². The molecule has 0 heterocycles. The van der Waals surface area contributed by atoms with E-state index in [1.54, 1.807) is 13.8 Å². The first kappa shape index (κ1) is 11.4. The summed E-state index contributed by atoms with van der Waals surface area (Å²) >= 11 is 0. The molecule has 1 aromatic carbocycles. The van der Waals surface area contributed by atoms with Crippen LogP contribution in [0.1, 0.15) is 19.4 Å². The lowest BCUT2D eigenvalue weighted by Crippen LogP contribution is -2.02. The zero-order valence-electron chi connectivity index (χ0n) is 8.34. The third-order valence-electron chi connectivity index (χ3n) is 1.92. The van der Waals surface area contributed by atoms with E-state index in [2.05, 4.69) is 0 Å². The van der Waals surface area contributed by atoms with Gasteiger partial charge in [0.25, 0.3) is 0 Å². The van der Waals surface area contributed by atoms with Gasteiger partial charge in [0.15, 0.2) is 11.6 Å². The molecule has 4 heteroatoms. The van der Waals surface area contributed by atoms with Gasteiger partial charge in [-0.25, -0.2) is 13.6 Å². The van der Waals surface area contributed by atoms with Crippen LogP contribution < -0.4 is 0 Å². The van der Waals surface area contributed by atoms with Gasteiger partial charge in [-0.3, -0.25) is 0 Å². The van der Waals surface area contributed by atoms with Gasteiger partial charge in [-0.1, -0.05) is 11.6 Å². The SMILES string of the molecule is CC(C)=C(C(=O)O)c1ccc(F)c(F)c1. The van der Waals surface area contributed by atoms with Crippen LogP contribution in [0.15, 0.2) is 23.8 Å². The van der Waals surface area contributed by atoms with Gasteiger partial charge in [0, 0.05) is 0 Å². The Kier molecular flexibility index (Phi) is 3.19. The summed E-state index contributed by atoms with van der Waals surface area (Å²) in [4.78, 5) is 10.9. The zero-order chi connectivity index (χ0) is 11.6. The van der Waals surface area contributed by atoms with Gasteiger partial charge in [0.2, 0.25) is 0 Å². The van der Waals surface area contributed by atoms with Crippen LogP contribution >= 0.6 is 0 Å². The molecule has 0 bridgehead atoms. The summed E-state index contributed by atoms with van der Waals surface area (Å²) in [6, 6.07) is 3.04. The number of rotatable bonds is 2. The van der Waals surface area contributed by atoms with Crippen molar-refractivity contribution in [3.8, 4) is 0 Å². The lowest BCUT2D eigenvalue weighted by Gasteiger charge is -2.05. The number of hydrogen-bond acceptors (Lipinski definition) is 1. The molecule has 0 aliphatic heterocycles. The number of carboxylic acid groups (broad SMARTS) is 1. The third-order valence-corrected chi connectivity index (χ3v) is 1.92. The smallest absolute Gasteiger partial charge is 0.336 e. The number of benzene rings is 1. The maximum atomic E-state index is 12.9. The molecule has 0 atom stereocenters. The van der Waals surface area contributed by atoms with Crippen molar-refractivity contribution in [3.05, 3.63) is 41.0 Å². The Morgan fingerprint density at radius 2 is 1.80 bits per heavy atom. The molecule has 0 fully saturated rings. The van der Waals surface area contributed by atoms with E-state index < -0.39 is 17.6 Å². The molecule has 2 nitrogen and oxygen atoms in total. The summed E-state index contributed by atoms with van der Waals surface area (Å²) in [6.07, 6.45) is 0. The van der Waals surface area contributed by atoms with Crippen LogP contribution in [0.3, 0.4) is 0 Å². The van der Waals surface area contributed by atoms with E-state index in [-0.39, 0.29) is 11.1 Å². The van der Waals surface area contributed by atoms with Gasteiger partial charge >= 0.3 is 5.97 Å². The Labute approximate surface area is 85.9 Å². The number of aliphatic carboxylic acids is 1. The molecule has 0 aliphatic rings. The summed E-state index contributed by atoms with van der Waals surface area (Å²) in [6.45, 7) is 3.20. The van der Waals surface area contributed by atoms with Crippen molar-refractivity contribution in [1.29, 1.82) is 0 Å². The fourth-order valence-electron chi connectivity index (χ4n) is 1.28. The third kappa shape index (κ3) is 2.40. The minimum Gasteiger partial charge on any atom is -0.478 e. The van der Waals surface area contributed by atoms with Crippen molar-refractivity contribution >= 4 is 11.5 Å². The van der Waals surface area contributed by atoms with E-state index in [0.717, 1.165) is 12.1 Å². The highest BCUT2D eigenvalue weighted by Gasteiger charge is 2.14. The molecule has 1 aromatic rings. The Morgan fingerprint density at radius 3 is 2.20 bits per heavy atom. The van der Waals surface area contributed by atoms with Crippen LogP contribution in [0.4, 0.5) is 8.78 Å².